The second-order valence-electron chi connectivity index (χ2n) is 6.51. The third-order valence-electron chi connectivity index (χ3n) is 4.69. The molecule has 26 heavy (non-hydrogen) atoms. The number of allylic oxidation sites excluding steroid dienone is 1. The second-order valence-corrected chi connectivity index (χ2v) is 7.89. The summed E-state index contributed by atoms with van der Waals surface area (Å²) in [5.74, 6) is 2.93. The lowest BCUT2D eigenvalue weighted by Gasteiger charge is -2.08. The summed E-state index contributed by atoms with van der Waals surface area (Å²) < 4.78 is 2.21. The first-order valence-corrected chi connectivity index (χ1v) is 10.1. The number of hydrogen-bond acceptors (Lipinski definition) is 3. The minimum Gasteiger partial charge on any atom is -0.302 e. The van der Waals surface area contributed by atoms with Crippen LogP contribution < -0.4 is 0 Å². The summed E-state index contributed by atoms with van der Waals surface area (Å²) in [5.41, 5.74) is 2.61. The van der Waals surface area contributed by atoms with Crippen molar-refractivity contribution in [2.75, 3.05) is 0 Å². The molecule has 1 fully saturated rings. The Balaban J connectivity index is 1.50. The fraction of sp³-hybridized carbons (Fsp3) is 0.238. The lowest BCUT2D eigenvalue weighted by atomic mass is 10.1. The largest absolute Gasteiger partial charge is 0.302 e. The number of aromatic nitrogens is 3. The zero-order chi connectivity index (χ0) is 17.9. The molecular formula is C21H20ClN3S. The molecule has 2 unspecified atom stereocenters. The predicted octanol–water partition coefficient (Wildman–Crippen LogP) is 5.68. The molecule has 0 N–H and O–H groups in total. The molecule has 3 nitrogen and oxygen atoms in total. The molecule has 132 valence electrons. The first-order valence-electron chi connectivity index (χ1n) is 8.72. The topological polar surface area (TPSA) is 30.7 Å². The van der Waals surface area contributed by atoms with Gasteiger partial charge in [0.25, 0.3) is 0 Å². The predicted molar refractivity (Wildman–Crippen MR) is 108 cm³/mol. The van der Waals surface area contributed by atoms with Crippen molar-refractivity contribution in [2.45, 2.75) is 35.7 Å². The average Bonchev–Trinajstić information content (AvgIpc) is 3.37. The minimum atomic E-state index is 0.453. The van der Waals surface area contributed by atoms with E-state index in [9.17, 15) is 0 Å². The average molecular weight is 382 g/mol. The van der Waals surface area contributed by atoms with Crippen LogP contribution in [0.2, 0.25) is 5.02 Å². The van der Waals surface area contributed by atoms with Crippen LogP contribution >= 0.6 is 23.4 Å². The van der Waals surface area contributed by atoms with Crippen LogP contribution in [0.5, 0.6) is 0 Å². The van der Waals surface area contributed by atoms with Crippen molar-refractivity contribution >= 4 is 23.4 Å². The third-order valence-corrected chi connectivity index (χ3v) is 5.98. The van der Waals surface area contributed by atoms with Crippen molar-refractivity contribution in [2.24, 2.45) is 0 Å². The number of rotatable bonds is 7. The molecule has 1 aromatic heterocycles. The highest BCUT2D eigenvalue weighted by Gasteiger charge is 2.43. The summed E-state index contributed by atoms with van der Waals surface area (Å²) in [6, 6.07) is 18.6. The van der Waals surface area contributed by atoms with Crippen LogP contribution in [0.1, 0.15) is 35.2 Å². The molecule has 1 aliphatic rings. The third kappa shape index (κ3) is 3.71. The molecule has 5 heteroatoms. The fourth-order valence-corrected chi connectivity index (χ4v) is 4.30. The molecule has 0 saturated heterocycles. The lowest BCUT2D eigenvalue weighted by Crippen LogP contribution is -2.03. The van der Waals surface area contributed by atoms with E-state index in [1.54, 1.807) is 11.8 Å². The van der Waals surface area contributed by atoms with Gasteiger partial charge in [-0.25, -0.2) is 0 Å². The van der Waals surface area contributed by atoms with Gasteiger partial charge in [-0.15, -0.1) is 16.8 Å². The van der Waals surface area contributed by atoms with Crippen molar-refractivity contribution in [3.05, 3.63) is 89.2 Å². The molecule has 4 rings (SSSR count). The lowest BCUT2D eigenvalue weighted by molar-refractivity contribution is 0.677. The first kappa shape index (κ1) is 17.4. The molecule has 2 atom stereocenters. The molecule has 1 aliphatic carbocycles. The smallest absolute Gasteiger partial charge is 0.191 e. The summed E-state index contributed by atoms with van der Waals surface area (Å²) in [7, 11) is 0. The van der Waals surface area contributed by atoms with Crippen LogP contribution in [-0.4, -0.2) is 14.8 Å². The molecule has 1 heterocycles. The Labute approximate surface area is 163 Å². The second kappa shape index (κ2) is 7.68. The Kier molecular flexibility index (Phi) is 5.14. The van der Waals surface area contributed by atoms with Gasteiger partial charge in [-0.1, -0.05) is 71.9 Å². The number of thioether (sulfide) groups is 1. The van der Waals surface area contributed by atoms with Crippen LogP contribution in [0.25, 0.3) is 0 Å². The van der Waals surface area contributed by atoms with Gasteiger partial charge in [0.2, 0.25) is 0 Å². The van der Waals surface area contributed by atoms with Crippen LogP contribution in [0.4, 0.5) is 0 Å². The summed E-state index contributed by atoms with van der Waals surface area (Å²) in [6.07, 6.45) is 3.06. The van der Waals surface area contributed by atoms with E-state index < -0.39 is 0 Å². The highest BCUT2D eigenvalue weighted by atomic mass is 35.5. The number of benzene rings is 2. The standard InChI is InChI=1S/C21H20ClN3S/c1-2-12-25-20(19-13-18(19)16-6-4-3-5-7-16)23-24-21(25)26-14-15-8-10-17(22)11-9-15/h2-11,18-19H,1,12-14H2. The molecule has 0 amide bonds. The molecule has 0 radical (unpaired) electrons. The van der Waals surface area contributed by atoms with Gasteiger partial charge >= 0.3 is 0 Å². The van der Waals surface area contributed by atoms with Crippen LogP contribution in [0, 0.1) is 0 Å². The van der Waals surface area contributed by atoms with E-state index in [2.05, 4.69) is 63.8 Å². The molecular weight excluding hydrogens is 362 g/mol. The Hall–Kier alpha value is -2.04. The number of nitrogens with zero attached hydrogens (tertiary/aromatic N) is 3. The summed E-state index contributed by atoms with van der Waals surface area (Å²) in [4.78, 5) is 0. The van der Waals surface area contributed by atoms with Crippen LogP contribution in [0.3, 0.4) is 0 Å². The van der Waals surface area contributed by atoms with Gasteiger partial charge in [0.05, 0.1) is 0 Å². The van der Waals surface area contributed by atoms with E-state index in [1.165, 1.54) is 11.1 Å². The van der Waals surface area contributed by atoms with Gasteiger partial charge in [0.1, 0.15) is 5.82 Å². The maximum atomic E-state index is 5.96. The normalized spacial score (nSPS) is 18.7. The monoisotopic (exact) mass is 381 g/mol. The highest BCUT2D eigenvalue weighted by Crippen LogP contribution is 2.54. The fourth-order valence-electron chi connectivity index (χ4n) is 3.26. The van der Waals surface area contributed by atoms with Gasteiger partial charge in [-0.3, -0.25) is 0 Å². The van der Waals surface area contributed by atoms with Crippen molar-refractivity contribution in [1.82, 2.24) is 14.8 Å². The van der Waals surface area contributed by atoms with E-state index in [0.717, 1.165) is 34.7 Å². The summed E-state index contributed by atoms with van der Waals surface area (Å²) in [5, 5.41) is 10.7. The number of hydrogen-bond donors (Lipinski definition) is 0. The van der Waals surface area contributed by atoms with E-state index in [0.29, 0.717) is 11.8 Å². The highest BCUT2D eigenvalue weighted by molar-refractivity contribution is 7.98. The van der Waals surface area contributed by atoms with Crippen molar-refractivity contribution < 1.29 is 0 Å². The van der Waals surface area contributed by atoms with Crippen molar-refractivity contribution in [3.8, 4) is 0 Å². The zero-order valence-corrected chi connectivity index (χ0v) is 16.0. The van der Waals surface area contributed by atoms with Crippen molar-refractivity contribution in [3.63, 3.8) is 0 Å². The first-order chi connectivity index (χ1) is 12.8. The molecule has 0 bridgehead atoms. The molecule has 3 aromatic rings. The maximum absolute atomic E-state index is 5.96. The Morgan fingerprint density at radius 2 is 1.85 bits per heavy atom. The quantitative estimate of drug-likeness (QED) is 0.389. The molecule has 0 aliphatic heterocycles. The Morgan fingerprint density at radius 1 is 1.08 bits per heavy atom. The molecule has 0 spiro atoms. The van der Waals surface area contributed by atoms with E-state index in [1.807, 2.05) is 18.2 Å². The minimum absolute atomic E-state index is 0.453. The van der Waals surface area contributed by atoms with Crippen molar-refractivity contribution in [1.29, 1.82) is 0 Å². The SMILES string of the molecule is C=CCn1c(SCc2ccc(Cl)cc2)nnc1C1CC1c1ccccc1. The van der Waals surface area contributed by atoms with E-state index in [-0.39, 0.29) is 0 Å². The summed E-state index contributed by atoms with van der Waals surface area (Å²) >= 11 is 7.67. The Morgan fingerprint density at radius 3 is 2.58 bits per heavy atom. The van der Waals surface area contributed by atoms with Crippen LogP contribution in [-0.2, 0) is 12.3 Å². The Bertz CT molecular complexity index is 889. The van der Waals surface area contributed by atoms with Gasteiger partial charge in [-0.05, 0) is 35.6 Å². The maximum Gasteiger partial charge on any atom is 0.191 e. The van der Waals surface area contributed by atoms with E-state index in [4.69, 9.17) is 11.6 Å². The molecule has 1 saturated carbocycles. The van der Waals surface area contributed by atoms with Crippen LogP contribution in [0.15, 0.2) is 72.4 Å². The molecule has 2 aromatic carbocycles. The summed E-state index contributed by atoms with van der Waals surface area (Å²) in [6.45, 7) is 4.64. The van der Waals surface area contributed by atoms with E-state index >= 15 is 0 Å². The zero-order valence-electron chi connectivity index (χ0n) is 14.4. The van der Waals surface area contributed by atoms with Gasteiger partial charge in [-0.2, -0.15) is 0 Å². The van der Waals surface area contributed by atoms with Gasteiger partial charge < -0.3 is 4.57 Å². The van der Waals surface area contributed by atoms with Gasteiger partial charge in [0, 0.05) is 23.2 Å². The number of halogens is 1. The van der Waals surface area contributed by atoms with Gasteiger partial charge in [0.15, 0.2) is 5.16 Å².